The lowest BCUT2D eigenvalue weighted by atomic mass is 10.2. The predicted molar refractivity (Wildman–Crippen MR) is 66.4 cm³/mol. The molecule has 0 spiro atoms. The third-order valence-corrected chi connectivity index (χ3v) is 2.84. The average molecular weight is 269 g/mol. The normalized spacial score (nSPS) is 19.2. The second-order valence-electron chi connectivity index (χ2n) is 4.54. The van der Waals surface area contributed by atoms with E-state index in [1.165, 1.54) is 5.57 Å². The Hall–Kier alpha value is -1.72. The maximum atomic E-state index is 12.5. The summed E-state index contributed by atoms with van der Waals surface area (Å²) < 4.78 is 37.6. The fourth-order valence-electron chi connectivity index (χ4n) is 1.92. The molecule has 3 nitrogen and oxygen atoms in total. The highest BCUT2D eigenvalue weighted by Gasteiger charge is 2.32. The first kappa shape index (κ1) is 13.7. The van der Waals surface area contributed by atoms with Crippen molar-refractivity contribution < 1.29 is 13.2 Å². The maximum Gasteiger partial charge on any atom is 0.433 e. The van der Waals surface area contributed by atoms with Crippen molar-refractivity contribution in [2.75, 3.05) is 0 Å². The molecular weight excluding hydrogens is 255 g/mol. The van der Waals surface area contributed by atoms with E-state index in [2.05, 4.69) is 15.0 Å². The highest BCUT2D eigenvalue weighted by molar-refractivity contribution is 5.96. The van der Waals surface area contributed by atoms with Crippen LogP contribution >= 0.6 is 0 Å². The molecule has 102 valence electrons. The van der Waals surface area contributed by atoms with E-state index in [0.717, 1.165) is 43.7 Å². The second-order valence-corrected chi connectivity index (χ2v) is 4.54. The van der Waals surface area contributed by atoms with Gasteiger partial charge in [0.1, 0.15) is 5.69 Å². The van der Waals surface area contributed by atoms with Gasteiger partial charge in [0.05, 0.1) is 0 Å². The molecule has 1 aliphatic rings. The van der Waals surface area contributed by atoms with Gasteiger partial charge in [0, 0.05) is 11.9 Å². The summed E-state index contributed by atoms with van der Waals surface area (Å²) in [6.07, 6.45) is 2.34. The molecule has 0 unspecified atom stereocenters. The van der Waals surface area contributed by atoms with Gasteiger partial charge >= 0.3 is 6.18 Å². The SMILES string of the molecule is CC1=CC(=Nc2nccc(C(F)(F)F)n2)CCCC1. The van der Waals surface area contributed by atoms with Crippen molar-refractivity contribution >= 4 is 11.7 Å². The molecule has 1 aliphatic carbocycles. The molecule has 0 saturated carbocycles. The van der Waals surface area contributed by atoms with E-state index in [9.17, 15) is 13.2 Å². The van der Waals surface area contributed by atoms with Gasteiger partial charge in [-0.1, -0.05) is 5.57 Å². The zero-order chi connectivity index (χ0) is 13.9. The van der Waals surface area contributed by atoms with E-state index in [1.807, 2.05) is 13.0 Å². The van der Waals surface area contributed by atoms with Crippen molar-refractivity contribution in [3.05, 3.63) is 29.6 Å². The minimum Gasteiger partial charge on any atom is -0.220 e. The molecule has 6 heteroatoms. The molecule has 0 atom stereocenters. The zero-order valence-corrected chi connectivity index (χ0v) is 10.5. The van der Waals surface area contributed by atoms with E-state index < -0.39 is 11.9 Å². The summed E-state index contributed by atoms with van der Waals surface area (Å²) in [5, 5.41) is 0. The molecule has 0 N–H and O–H groups in total. The Morgan fingerprint density at radius 2 is 1.95 bits per heavy atom. The number of alkyl halides is 3. The number of hydrogen-bond donors (Lipinski definition) is 0. The number of aliphatic imine (C=N–C) groups is 1. The van der Waals surface area contributed by atoms with Gasteiger partial charge in [-0.05, 0) is 44.7 Å². The Bertz CT molecular complexity index is 518. The van der Waals surface area contributed by atoms with Crippen LogP contribution < -0.4 is 0 Å². The number of rotatable bonds is 1. The molecule has 0 radical (unpaired) electrons. The molecule has 2 rings (SSSR count). The smallest absolute Gasteiger partial charge is 0.220 e. The van der Waals surface area contributed by atoms with Gasteiger partial charge < -0.3 is 0 Å². The van der Waals surface area contributed by atoms with Crippen LogP contribution in [0, 0.1) is 0 Å². The molecule has 0 aliphatic heterocycles. The van der Waals surface area contributed by atoms with Crippen LogP contribution in [0.4, 0.5) is 19.1 Å². The van der Waals surface area contributed by atoms with Crippen LogP contribution in [0.15, 0.2) is 28.9 Å². The lowest BCUT2D eigenvalue weighted by molar-refractivity contribution is -0.141. The molecular formula is C13H14F3N3. The summed E-state index contributed by atoms with van der Waals surface area (Å²) in [7, 11) is 0. The minimum atomic E-state index is -4.47. The first-order valence-corrected chi connectivity index (χ1v) is 6.10. The van der Waals surface area contributed by atoms with E-state index in [4.69, 9.17) is 0 Å². The van der Waals surface area contributed by atoms with E-state index in [0.29, 0.717) is 0 Å². The third-order valence-electron chi connectivity index (χ3n) is 2.84. The Kier molecular flexibility index (Phi) is 3.97. The largest absolute Gasteiger partial charge is 0.433 e. The van der Waals surface area contributed by atoms with E-state index in [-0.39, 0.29) is 5.95 Å². The maximum absolute atomic E-state index is 12.5. The highest BCUT2D eigenvalue weighted by Crippen LogP contribution is 2.28. The van der Waals surface area contributed by atoms with Gasteiger partial charge in [0.25, 0.3) is 0 Å². The number of aromatic nitrogens is 2. The number of hydrogen-bond acceptors (Lipinski definition) is 3. The molecule has 1 aromatic rings. The topological polar surface area (TPSA) is 38.1 Å². The van der Waals surface area contributed by atoms with Gasteiger partial charge in [-0.15, -0.1) is 0 Å². The first-order chi connectivity index (χ1) is 8.95. The Labute approximate surface area is 109 Å². The molecule has 0 aromatic carbocycles. The van der Waals surface area contributed by atoms with E-state index >= 15 is 0 Å². The van der Waals surface area contributed by atoms with Gasteiger partial charge in [-0.25, -0.2) is 15.0 Å². The summed E-state index contributed by atoms with van der Waals surface area (Å²) in [6, 6.07) is 0.845. The van der Waals surface area contributed by atoms with Crippen LogP contribution in [0.2, 0.25) is 0 Å². The predicted octanol–water partition coefficient (Wildman–Crippen LogP) is 4.09. The highest BCUT2D eigenvalue weighted by atomic mass is 19.4. The van der Waals surface area contributed by atoms with Crippen molar-refractivity contribution in [1.29, 1.82) is 0 Å². The molecule has 19 heavy (non-hydrogen) atoms. The van der Waals surface area contributed by atoms with Crippen LogP contribution in [0.5, 0.6) is 0 Å². The zero-order valence-electron chi connectivity index (χ0n) is 10.5. The molecule has 1 aromatic heterocycles. The molecule has 0 bridgehead atoms. The monoisotopic (exact) mass is 269 g/mol. The quantitative estimate of drug-likeness (QED) is 0.770. The van der Waals surface area contributed by atoms with Gasteiger partial charge in [-0.3, -0.25) is 0 Å². The summed E-state index contributed by atoms with van der Waals surface area (Å²) in [5.41, 5.74) is 0.966. The van der Waals surface area contributed by atoms with Crippen LogP contribution in [0.3, 0.4) is 0 Å². The summed E-state index contributed by atoms with van der Waals surface area (Å²) in [4.78, 5) is 11.3. The molecule has 1 heterocycles. The molecule has 0 amide bonds. The van der Waals surface area contributed by atoms with Gasteiger partial charge in [0.2, 0.25) is 5.95 Å². The van der Waals surface area contributed by atoms with Gasteiger partial charge in [0.15, 0.2) is 0 Å². The average Bonchev–Trinajstić information content (AvgIpc) is 2.53. The van der Waals surface area contributed by atoms with Crippen molar-refractivity contribution in [3.8, 4) is 0 Å². The standard InChI is InChI=1S/C13H14F3N3/c1-9-4-2-3-5-10(8-9)18-12-17-7-6-11(19-12)13(14,15)16/h6-8H,2-5H2,1H3. The van der Waals surface area contributed by atoms with Crippen molar-refractivity contribution in [2.45, 2.75) is 38.8 Å². The van der Waals surface area contributed by atoms with Gasteiger partial charge in [-0.2, -0.15) is 13.2 Å². The fourth-order valence-corrected chi connectivity index (χ4v) is 1.92. The first-order valence-electron chi connectivity index (χ1n) is 6.10. The third kappa shape index (κ3) is 3.87. The summed E-state index contributed by atoms with van der Waals surface area (Å²) in [5.74, 6) is -0.129. The number of allylic oxidation sites excluding steroid dienone is 2. The van der Waals surface area contributed by atoms with Crippen LogP contribution in [0.25, 0.3) is 0 Å². The van der Waals surface area contributed by atoms with Crippen LogP contribution in [-0.2, 0) is 6.18 Å². The summed E-state index contributed by atoms with van der Waals surface area (Å²) >= 11 is 0. The Balaban J connectivity index is 2.29. The number of nitrogens with zero attached hydrogens (tertiary/aromatic N) is 3. The fraction of sp³-hybridized carbons (Fsp3) is 0.462. The molecule has 0 fully saturated rings. The van der Waals surface area contributed by atoms with E-state index in [1.54, 1.807) is 0 Å². The number of halogens is 3. The summed E-state index contributed by atoms with van der Waals surface area (Å²) in [6.45, 7) is 1.99. The lowest BCUT2D eigenvalue weighted by Gasteiger charge is -2.05. The Morgan fingerprint density at radius 3 is 2.68 bits per heavy atom. The minimum absolute atomic E-state index is 0.129. The van der Waals surface area contributed by atoms with Crippen molar-refractivity contribution in [2.24, 2.45) is 4.99 Å². The Morgan fingerprint density at radius 1 is 1.21 bits per heavy atom. The molecule has 0 saturated heterocycles. The van der Waals surface area contributed by atoms with Crippen molar-refractivity contribution in [1.82, 2.24) is 9.97 Å². The second kappa shape index (κ2) is 5.50. The lowest BCUT2D eigenvalue weighted by Crippen LogP contribution is -2.08. The van der Waals surface area contributed by atoms with Crippen LogP contribution in [0.1, 0.15) is 38.3 Å². The van der Waals surface area contributed by atoms with Crippen LogP contribution in [-0.4, -0.2) is 15.7 Å². The van der Waals surface area contributed by atoms with Crippen molar-refractivity contribution in [3.63, 3.8) is 0 Å².